The molecule has 0 bridgehead atoms. The first-order valence-electron chi connectivity index (χ1n) is 7.61. The molecule has 0 saturated carbocycles. The van der Waals surface area contributed by atoms with Crippen molar-refractivity contribution in [1.29, 1.82) is 5.26 Å². The molecular formula is C18H17N3O2S. The summed E-state index contributed by atoms with van der Waals surface area (Å²) < 4.78 is 11.3. The summed E-state index contributed by atoms with van der Waals surface area (Å²) in [6.45, 7) is 2.85. The van der Waals surface area contributed by atoms with Crippen molar-refractivity contribution in [1.82, 2.24) is 4.98 Å². The van der Waals surface area contributed by atoms with Gasteiger partial charge in [0, 0.05) is 11.4 Å². The van der Waals surface area contributed by atoms with Gasteiger partial charge in [-0.15, -0.1) is 11.3 Å². The molecule has 0 fully saturated rings. The molecule has 3 rings (SSSR count). The van der Waals surface area contributed by atoms with Crippen molar-refractivity contribution < 1.29 is 9.15 Å². The molecule has 0 aliphatic heterocycles. The highest BCUT2D eigenvalue weighted by Gasteiger charge is 2.13. The predicted octanol–water partition coefficient (Wildman–Crippen LogP) is 4.15. The number of aryl methyl sites for hydroxylation is 1. The summed E-state index contributed by atoms with van der Waals surface area (Å²) in [4.78, 5) is 5.46. The van der Waals surface area contributed by atoms with Crippen LogP contribution in [0.15, 0.2) is 46.2 Å². The van der Waals surface area contributed by atoms with E-state index in [1.807, 2.05) is 48.7 Å². The van der Waals surface area contributed by atoms with Gasteiger partial charge in [0.25, 0.3) is 0 Å². The van der Waals surface area contributed by atoms with Gasteiger partial charge in [-0.1, -0.05) is 24.3 Å². The van der Waals surface area contributed by atoms with E-state index < -0.39 is 0 Å². The van der Waals surface area contributed by atoms with Gasteiger partial charge in [-0.2, -0.15) is 10.2 Å². The number of nitrogens with one attached hydrogen (secondary N) is 1. The molecule has 0 atom stereocenters. The Balaban J connectivity index is 1.60. The van der Waals surface area contributed by atoms with E-state index in [2.05, 4.69) is 16.4 Å². The molecule has 122 valence electrons. The largest absolute Gasteiger partial charge is 0.484 e. The lowest BCUT2D eigenvalue weighted by molar-refractivity contribution is 0.263. The van der Waals surface area contributed by atoms with E-state index in [9.17, 15) is 5.26 Å². The lowest BCUT2D eigenvalue weighted by atomic mass is 10.2. The number of para-hydroxylation sites is 1. The van der Waals surface area contributed by atoms with Crippen LogP contribution in [0.5, 0.6) is 5.75 Å². The van der Waals surface area contributed by atoms with Gasteiger partial charge in [-0.25, -0.2) is 0 Å². The van der Waals surface area contributed by atoms with E-state index >= 15 is 0 Å². The quantitative estimate of drug-likeness (QED) is 0.700. The third kappa shape index (κ3) is 3.94. The second-order valence-electron chi connectivity index (χ2n) is 5.21. The number of benzene rings is 1. The molecule has 5 nitrogen and oxygen atoms in total. The molecule has 0 aliphatic carbocycles. The summed E-state index contributed by atoms with van der Waals surface area (Å²) in [5.41, 5.74) is 1.29. The Labute approximate surface area is 144 Å². The number of hydrogen-bond donors (Lipinski definition) is 1. The van der Waals surface area contributed by atoms with Gasteiger partial charge < -0.3 is 14.5 Å². The molecule has 0 aliphatic rings. The summed E-state index contributed by atoms with van der Waals surface area (Å²) in [6, 6.07) is 13.9. The number of aromatic nitrogens is 1. The van der Waals surface area contributed by atoms with Gasteiger partial charge in [0.05, 0.1) is 0 Å². The molecule has 2 aromatic heterocycles. The van der Waals surface area contributed by atoms with Crippen LogP contribution in [0.1, 0.15) is 22.0 Å². The van der Waals surface area contributed by atoms with Gasteiger partial charge in [0.2, 0.25) is 17.5 Å². The highest BCUT2D eigenvalue weighted by Crippen LogP contribution is 2.21. The Bertz CT molecular complexity index is 834. The van der Waals surface area contributed by atoms with E-state index in [1.54, 1.807) is 11.3 Å². The molecule has 2 heterocycles. The van der Waals surface area contributed by atoms with Crippen LogP contribution in [0, 0.1) is 18.3 Å². The molecule has 0 radical (unpaired) electrons. The number of nitrogens with zero attached hydrogens (tertiary/aromatic N) is 2. The van der Waals surface area contributed by atoms with Gasteiger partial charge in [0.15, 0.2) is 6.61 Å². The molecule has 0 spiro atoms. The molecular weight excluding hydrogens is 322 g/mol. The fourth-order valence-corrected chi connectivity index (χ4v) is 2.94. The zero-order valence-corrected chi connectivity index (χ0v) is 14.1. The van der Waals surface area contributed by atoms with Crippen molar-refractivity contribution in [2.75, 3.05) is 11.9 Å². The fourth-order valence-electron chi connectivity index (χ4n) is 2.23. The minimum atomic E-state index is 0.187. The van der Waals surface area contributed by atoms with Crippen molar-refractivity contribution in [3.8, 4) is 11.8 Å². The lowest BCUT2D eigenvalue weighted by Gasteiger charge is -2.06. The third-order valence-corrected chi connectivity index (χ3v) is 4.40. The Morgan fingerprint density at radius 3 is 2.92 bits per heavy atom. The summed E-state index contributed by atoms with van der Waals surface area (Å²) >= 11 is 1.71. The minimum absolute atomic E-state index is 0.187. The molecule has 0 unspecified atom stereocenters. The van der Waals surface area contributed by atoms with Gasteiger partial charge in [0.1, 0.15) is 11.8 Å². The van der Waals surface area contributed by atoms with E-state index in [-0.39, 0.29) is 12.3 Å². The first-order valence-corrected chi connectivity index (χ1v) is 8.48. The second kappa shape index (κ2) is 7.66. The highest BCUT2D eigenvalue weighted by atomic mass is 32.1. The number of nitriles is 1. The van der Waals surface area contributed by atoms with Crippen LogP contribution in [0.25, 0.3) is 0 Å². The zero-order valence-electron chi connectivity index (χ0n) is 13.3. The van der Waals surface area contributed by atoms with Crippen LogP contribution < -0.4 is 10.1 Å². The molecule has 6 heteroatoms. The SMILES string of the molecule is Cc1ccccc1OCc1nc(C#N)c(NCCc2cccs2)o1. The number of ether oxygens (including phenoxy) is 1. The van der Waals surface area contributed by atoms with Crippen LogP contribution in [0.3, 0.4) is 0 Å². The van der Waals surface area contributed by atoms with Crippen molar-refractivity contribution >= 4 is 17.2 Å². The smallest absolute Gasteiger partial charge is 0.236 e. The van der Waals surface area contributed by atoms with E-state index in [4.69, 9.17) is 9.15 Å². The van der Waals surface area contributed by atoms with Crippen LogP contribution in [-0.4, -0.2) is 11.5 Å². The number of anilines is 1. The highest BCUT2D eigenvalue weighted by molar-refractivity contribution is 7.09. The van der Waals surface area contributed by atoms with Gasteiger partial charge >= 0.3 is 0 Å². The number of rotatable bonds is 7. The predicted molar refractivity (Wildman–Crippen MR) is 93.2 cm³/mol. The first kappa shape index (κ1) is 16.1. The summed E-state index contributed by atoms with van der Waals surface area (Å²) in [5, 5.41) is 14.4. The standard InChI is InChI=1S/C18H17N3O2S/c1-13-5-2-3-7-16(13)22-12-17-21-15(11-19)18(23-17)20-9-8-14-6-4-10-24-14/h2-7,10,20H,8-9,12H2,1H3. The normalized spacial score (nSPS) is 10.3. The third-order valence-electron chi connectivity index (χ3n) is 3.46. The zero-order chi connectivity index (χ0) is 16.8. The average Bonchev–Trinajstić information content (AvgIpc) is 3.24. The average molecular weight is 339 g/mol. The maximum atomic E-state index is 9.19. The van der Waals surface area contributed by atoms with Gasteiger partial charge in [-0.05, 0) is 36.4 Å². The van der Waals surface area contributed by atoms with E-state index in [0.717, 1.165) is 17.7 Å². The monoisotopic (exact) mass is 339 g/mol. The Hall–Kier alpha value is -2.78. The summed E-state index contributed by atoms with van der Waals surface area (Å²) in [5.74, 6) is 1.56. The fraction of sp³-hybridized carbons (Fsp3) is 0.222. The topological polar surface area (TPSA) is 71.1 Å². The Morgan fingerprint density at radius 1 is 1.29 bits per heavy atom. The van der Waals surface area contributed by atoms with Crippen molar-refractivity contribution in [3.63, 3.8) is 0 Å². The van der Waals surface area contributed by atoms with Crippen LogP contribution in [-0.2, 0) is 13.0 Å². The second-order valence-corrected chi connectivity index (χ2v) is 6.24. The van der Waals surface area contributed by atoms with Crippen LogP contribution in [0.4, 0.5) is 5.88 Å². The van der Waals surface area contributed by atoms with E-state index in [1.165, 1.54) is 4.88 Å². The molecule has 1 aromatic carbocycles. The van der Waals surface area contributed by atoms with Crippen molar-refractivity contribution in [2.24, 2.45) is 0 Å². The molecule has 24 heavy (non-hydrogen) atoms. The lowest BCUT2D eigenvalue weighted by Crippen LogP contribution is -2.04. The number of hydrogen-bond acceptors (Lipinski definition) is 6. The van der Waals surface area contributed by atoms with Crippen molar-refractivity contribution in [2.45, 2.75) is 20.0 Å². The van der Waals surface area contributed by atoms with Crippen LogP contribution >= 0.6 is 11.3 Å². The Morgan fingerprint density at radius 2 is 2.17 bits per heavy atom. The molecule has 3 aromatic rings. The molecule has 0 saturated heterocycles. The van der Waals surface area contributed by atoms with Crippen LogP contribution in [0.2, 0.25) is 0 Å². The summed E-state index contributed by atoms with van der Waals surface area (Å²) in [7, 11) is 0. The Kier molecular flexibility index (Phi) is 5.14. The molecule has 0 amide bonds. The van der Waals surface area contributed by atoms with Crippen molar-refractivity contribution in [3.05, 3.63) is 63.8 Å². The van der Waals surface area contributed by atoms with E-state index in [0.29, 0.717) is 18.3 Å². The maximum absolute atomic E-state index is 9.19. The maximum Gasteiger partial charge on any atom is 0.236 e. The number of thiophene rings is 1. The first-order chi connectivity index (χ1) is 11.8. The van der Waals surface area contributed by atoms with Gasteiger partial charge in [-0.3, -0.25) is 0 Å². The molecule has 1 N–H and O–H groups in total. The minimum Gasteiger partial charge on any atom is -0.484 e. The summed E-state index contributed by atoms with van der Waals surface area (Å²) in [6.07, 6.45) is 0.873. The number of oxazole rings is 1.